The molecule has 0 aliphatic rings. The summed E-state index contributed by atoms with van der Waals surface area (Å²) in [6.45, 7) is 0. The minimum absolute atomic E-state index is 0.0940. The molecule has 0 fully saturated rings. The molecule has 1 heterocycles. The highest BCUT2D eigenvalue weighted by molar-refractivity contribution is 7.87. The topological polar surface area (TPSA) is 75.4 Å². The van der Waals surface area contributed by atoms with Crippen LogP contribution in [0.25, 0.3) is 0 Å². The molecule has 2 rings (SSSR count). The lowest BCUT2D eigenvalue weighted by Gasteiger charge is -2.13. The second-order valence-corrected chi connectivity index (χ2v) is 7.90. The number of hydrogen-bond donors (Lipinski definition) is 1. The van der Waals surface area contributed by atoms with Crippen LogP contribution in [0.3, 0.4) is 0 Å². The van der Waals surface area contributed by atoms with Crippen molar-refractivity contribution in [1.82, 2.24) is 13.3 Å². The summed E-state index contributed by atoms with van der Waals surface area (Å²) in [7, 11) is -0.935. The first kappa shape index (κ1) is 17.5. The van der Waals surface area contributed by atoms with Gasteiger partial charge >= 0.3 is 10.2 Å². The van der Waals surface area contributed by atoms with E-state index in [9.17, 15) is 13.5 Å². The Morgan fingerprint density at radius 1 is 1.23 bits per heavy atom. The Bertz CT molecular complexity index is 782. The van der Waals surface area contributed by atoms with Gasteiger partial charge in [0, 0.05) is 40.9 Å². The van der Waals surface area contributed by atoms with Gasteiger partial charge in [0.25, 0.3) is 0 Å². The molecular formula is C12H12Cl3N3O3S. The van der Waals surface area contributed by atoms with Crippen molar-refractivity contribution in [3.8, 4) is 0 Å². The van der Waals surface area contributed by atoms with Gasteiger partial charge in [0.15, 0.2) is 0 Å². The highest BCUT2D eigenvalue weighted by Crippen LogP contribution is 2.36. The van der Waals surface area contributed by atoms with Crippen LogP contribution in [0.4, 0.5) is 0 Å². The first-order chi connectivity index (χ1) is 10.1. The van der Waals surface area contributed by atoms with Crippen LogP contribution in [0.1, 0.15) is 17.4 Å². The fraction of sp³-hybridized carbons (Fsp3) is 0.250. The maximum atomic E-state index is 12.0. The normalized spacial score (nSPS) is 13.6. The average molecular weight is 385 g/mol. The van der Waals surface area contributed by atoms with E-state index in [1.807, 2.05) is 0 Å². The predicted molar refractivity (Wildman–Crippen MR) is 85.8 cm³/mol. The van der Waals surface area contributed by atoms with Crippen molar-refractivity contribution in [3.05, 3.63) is 51.0 Å². The highest BCUT2D eigenvalue weighted by atomic mass is 35.5. The molecular weight excluding hydrogens is 373 g/mol. The molecule has 6 nitrogen and oxygen atoms in total. The molecule has 0 aliphatic heterocycles. The zero-order valence-corrected chi connectivity index (χ0v) is 14.6. The van der Waals surface area contributed by atoms with Gasteiger partial charge in [0.2, 0.25) is 0 Å². The summed E-state index contributed by atoms with van der Waals surface area (Å²) in [5.74, 6) is 0. The van der Waals surface area contributed by atoms with Crippen molar-refractivity contribution < 1.29 is 13.5 Å². The van der Waals surface area contributed by atoms with E-state index in [0.29, 0.717) is 5.02 Å². The molecule has 1 N–H and O–H groups in total. The van der Waals surface area contributed by atoms with E-state index >= 15 is 0 Å². The van der Waals surface area contributed by atoms with Crippen LogP contribution in [-0.4, -0.2) is 40.9 Å². The minimum atomic E-state index is -3.71. The van der Waals surface area contributed by atoms with Crippen LogP contribution in [0.5, 0.6) is 0 Å². The summed E-state index contributed by atoms with van der Waals surface area (Å²) in [6, 6.07) is 2.86. The first-order valence-corrected chi connectivity index (χ1v) is 8.47. The van der Waals surface area contributed by atoms with Crippen LogP contribution in [0, 0.1) is 0 Å². The van der Waals surface area contributed by atoms with Gasteiger partial charge in [-0.05, 0) is 12.1 Å². The van der Waals surface area contributed by atoms with Gasteiger partial charge in [-0.15, -0.1) is 0 Å². The lowest BCUT2D eigenvalue weighted by molar-refractivity contribution is 0.216. The maximum Gasteiger partial charge on any atom is 0.308 e. The van der Waals surface area contributed by atoms with Crippen LogP contribution >= 0.6 is 34.8 Å². The van der Waals surface area contributed by atoms with Gasteiger partial charge in [0.05, 0.1) is 5.69 Å². The zero-order valence-electron chi connectivity index (χ0n) is 11.5. The Morgan fingerprint density at radius 3 is 2.27 bits per heavy atom. The number of hydrogen-bond acceptors (Lipinski definition) is 4. The van der Waals surface area contributed by atoms with Gasteiger partial charge in [-0.2, -0.15) is 12.7 Å². The Morgan fingerprint density at radius 2 is 1.77 bits per heavy atom. The predicted octanol–water partition coefficient (Wildman–Crippen LogP) is 2.58. The Kier molecular flexibility index (Phi) is 5.06. The number of aromatic nitrogens is 2. The van der Waals surface area contributed by atoms with Gasteiger partial charge in [-0.25, -0.2) is 8.96 Å². The molecule has 0 radical (unpaired) electrons. The van der Waals surface area contributed by atoms with E-state index in [1.54, 1.807) is 0 Å². The highest BCUT2D eigenvalue weighted by Gasteiger charge is 2.23. The third-order valence-electron chi connectivity index (χ3n) is 2.91. The van der Waals surface area contributed by atoms with Crippen molar-refractivity contribution in [1.29, 1.82) is 0 Å². The number of nitrogens with zero attached hydrogens (tertiary/aromatic N) is 3. The van der Waals surface area contributed by atoms with E-state index in [2.05, 4.69) is 4.98 Å². The second-order valence-electron chi connectivity index (χ2n) is 4.60. The van der Waals surface area contributed by atoms with E-state index < -0.39 is 16.3 Å². The summed E-state index contributed by atoms with van der Waals surface area (Å²) in [4.78, 5) is 3.90. The van der Waals surface area contributed by atoms with Crippen LogP contribution in [0.2, 0.25) is 15.1 Å². The van der Waals surface area contributed by atoms with E-state index in [0.717, 1.165) is 14.6 Å². The number of imidazole rings is 1. The molecule has 0 saturated carbocycles. The molecule has 1 aromatic heterocycles. The number of aliphatic hydroxyl groups is 1. The van der Waals surface area contributed by atoms with Gasteiger partial charge < -0.3 is 5.11 Å². The summed E-state index contributed by atoms with van der Waals surface area (Å²) in [5.41, 5.74) is 0.303. The van der Waals surface area contributed by atoms with Crippen LogP contribution in [-0.2, 0) is 10.2 Å². The molecule has 120 valence electrons. The molecule has 0 bridgehead atoms. The largest absolute Gasteiger partial charge is 0.382 e. The van der Waals surface area contributed by atoms with Crippen LogP contribution in [0.15, 0.2) is 24.7 Å². The summed E-state index contributed by atoms with van der Waals surface area (Å²) >= 11 is 17.9. The Labute approximate surface area is 143 Å². The van der Waals surface area contributed by atoms with E-state index in [4.69, 9.17) is 34.8 Å². The number of halogens is 3. The quantitative estimate of drug-likeness (QED) is 0.879. The standard InChI is InChI=1S/C12H12Cl3N3O3S/c1-17(2)22(20,21)18-5-10(16-6-18)12(19)11-8(14)3-7(13)4-9(11)15/h3-6,12,19H,1-2H3. The molecule has 2 aromatic rings. The molecule has 1 aromatic carbocycles. The van der Waals surface area contributed by atoms with Crippen molar-refractivity contribution in [2.24, 2.45) is 0 Å². The van der Waals surface area contributed by atoms with Crippen LogP contribution < -0.4 is 0 Å². The molecule has 1 atom stereocenters. The fourth-order valence-corrected chi connectivity index (χ4v) is 3.55. The number of aliphatic hydroxyl groups excluding tert-OH is 1. The summed E-state index contributed by atoms with van der Waals surface area (Å²) in [5, 5.41) is 11.0. The molecule has 22 heavy (non-hydrogen) atoms. The summed E-state index contributed by atoms with van der Waals surface area (Å²) < 4.78 is 25.9. The second kappa shape index (κ2) is 6.35. The first-order valence-electron chi connectivity index (χ1n) is 5.94. The van der Waals surface area contributed by atoms with Crippen molar-refractivity contribution in [3.63, 3.8) is 0 Å². The number of benzene rings is 1. The Hall–Kier alpha value is -0.830. The van der Waals surface area contributed by atoms with Gasteiger partial charge in [-0.3, -0.25) is 0 Å². The summed E-state index contributed by atoms with van der Waals surface area (Å²) in [6.07, 6.45) is 1.00. The van der Waals surface area contributed by atoms with E-state index in [1.165, 1.54) is 32.4 Å². The smallest absolute Gasteiger partial charge is 0.308 e. The maximum absolute atomic E-state index is 12.0. The van der Waals surface area contributed by atoms with Crippen molar-refractivity contribution >= 4 is 45.0 Å². The molecule has 1 unspecified atom stereocenters. The average Bonchev–Trinajstić information content (AvgIpc) is 2.87. The zero-order chi connectivity index (χ0) is 16.7. The van der Waals surface area contributed by atoms with Gasteiger partial charge in [-0.1, -0.05) is 34.8 Å². The SMILES string of the molecule is CN(C)S(=O)(=O)n1cnc(C(O)c2c(Cl)cc(Cl)cc2Cl)c1. The lowest BCUT2D eigenvalue weighted by Crippen LogP contribution is -2.27. The monoisotopic (exact) mass is 383 g/mol. The van der Waals surface area contributed by atoms with Crippen molar-refractivity contribution in [2.75, 3.05) is 14.1 Å². The van der Waals surface area contributed by atoms with Crippen molar-refractivity contribution in [2.45, 2.75) is 6.10 Å². The fourth-order valence-electron chi connectivity index (χ4n) is 1.74. The number of rotatable bonds is 4. The van der Waals surface area contributed by atoms with Gasteiger partial charge in [0.1, 0.15) is 12.4 Å². The molecule has 0 saturated heterocycles. The molecule has 10 heteroatoms. The molecule has 0 amide bonds. The third-order valence-corrected chi connectivity index (χ3v) is 5.40. The molecule has 0 aliphatic carbocycles. The van der Waals surface area contributed by atoms with E-state index in [-0.39, 0.29) is 21.3 Å². The molecule has 0 spiro atoms. The lowest BCUT2D eigenvalue weighted by atomic mass is 10.1. The Balaban J connectivity index is 2.45. The minimum Gasteiger partial charge on any atom is -0.382 e. The third kappa shape index (κ3) is 3.24.